The smallest absolute Gasteiger partial charge is 0.223 e. The third-order valence-electron chi connectivity index (χ3n) is 5.25. The van der Waals surface area contributed by atoms with Crippen molar-refractivity contribution in [3.63, 3.8) is 0 Å². The van der Waals surface area contributed by atoms with Crippen molar-refractivity contribution in [1.29, 1.82) is 0 Å². The molecule has 4 heteroatoms. The van der Waals surface area contributed by atoms with Crippen molar-refractivity contribution in [1.82, 2.24) is 10.2 Å². The van der Waals surface area contributed by atoms with E-state index in [2.05, 4.69) is 28.9 Å². The lowest BCUT2D eigenvalue weighted by Crippen LogP contribution is -2.56. The largest absolute Gasteiger partial charge is 0.354 e. The molecule has 2 aliphatic carbocycles. The van der Waals surface area contributed by atoms with Crippen LogP contribution in [-0.2, 0) is 4.79 Å². The number of hydrogen-bond donors (Lipinski definition) is 1. The van der Waals surface area contributed by atoms with Gasteiger partial charge in [-0.2, -0.15) is 11.8 Å². The minimum atomic E-state index is 0.286. The highest BCUT2D eigenvalue weighted by Gasteiger charge is 2.43. The molecular weight excluding hydrogens is 256 g/mol. The molecule has 108 valence electrons. The maximum absolute atomic E-state index is 12.1. The van der Waals surface area contributed by atoms with E-state index < -0.39 is 0 Å². The number of thioether (sulfide) groups is 1. The number of carbonyl (C=O) groups is 1. The third-order valence-corrected chi connectivity index (χ3v) is 6.20. The van der Waals surface area contributed by atoms with Crippen LogP contribution in [0.2, 0.25) is 0 Å². The van der Waals surface area contributed by atoms with Gasteiger partial charge >= 0.3 is 0 Å². The Labute approximate surface area is 120 Å². The van der Waals surface area contributed by atoms with E-state index >= 15 is 0 Å². The zero-order valence-electron chi connectivity index (χ0n) is 12.0. The molecule has 1 heterocycles. The molecule has 3 fully saturated rings. The molecule has 2 atom stereocenters. The first-order valence-electron chi connectivity index (χ1n) is 7.82. The molecule has 3 nitrogen and oxygen atoms in total. The second-order valence-electron chi connectivity index (χ2n) is 6.57. The SMILES string of the molecule is C[C@H]1C[C@H]1C(=O)NCC1(N2CCSCC2)CCCC1. The number of carbonyl (C=O) groups excluding carboxylic acids is 1. The predicted molar refractivity (Wildman–Crippen MR) is 80.4 cm³/mol. The molecule has 0 aromatic rings. The highest BCUT2D eigenvalue weighted by molar-refractivity contribution is 7.99. The summed E-state index contributed by atoms with van der Waals surface area (Å²) in [6.45, 7) is 5.48. The lowest BCUT2D eigenvalue weighted by atomic mass is 9.94. The first-order chi connectivity index (χ1) is 9.21. The molecule has 2 saturated carbocycles. The molecule has 0 aromatic carbocycles. The second kappa shape index (κ2) is 5.65. The molecule has 1 N–H and O–H groups in total. The van der Waals surface area contributed by atoms with Gasteiger partial charge in [-0.05, 0) is 25.2 Å². The van der Waals surface area contributed by atoms with Crippen molar-refractivity contribution in [2.24, 2.45) is 11.8 Å². The van der Waals surface area contributed by atoms with Crippen LogP contribution in [-0.4, -0.2) is 47.5 Å². The third kappa shape index (κ3) is 2.94. The van der Waals surface area contributed by atoms with Gasteiger partial charge in [0.05, 0.1) is 0 Å². The van der Waals surface area contributed by atoms with Gasteiger partial charge in [-0.3, -0.25) is 9.69 Å². The van der Waals surface area contributed by atoms with Crippen molar-refractivity contribution in [2.45, 2.75) is 44.6 Å². The summed E-state index contributed by atoms with van der Waals surface area (Å²) in [5, 5.41) is 3.27. The summed E-state index contributed by atoms with van der Waals surface area (Å²) < 4.78 is 0. The number of nitrogens with zero attached hydrogens (tertiary/aromatic N) is 1. The summed E-state index contributed by atoms with van der Waals surface area (Å²) >= 11 is 2.07. The Morgan fingerprint density at radius 2 is 1.95 bits per heavy atom. The molecule has 19 heavy (non-hydrogen) atoms. The van der Waals surface area contributed by atoms with Crippen molar-refractivity contribution < 1.29 is 4.79 Å². The van der Waals surface area contributed by atoms with E-state index in [9.17, 15) is 4.79 Å². The van der Waals surface area contributed by atoms with Crippen molar-refractivity contribution >= 4 is 17.7 Å². The molecule has 1 saturated heterocycles. The molecule has 0 bridgehead atoms. The molecular formula is C15H26N2OS. The average Bonchev–Trinajstić information content (AvgIpc) is 3.00. The van der Waals surface area contributed by atoms with Crippen LogP contribution >= 0.6 is 11.8 Å². The van der Waals surface area contributed by atoms with E-state index in [4.69, 9.17) is 0 Å². The Hall–Kier alpha value is -0.220. The molecule has 0 radical (unpaired) electrons. The van der Waals surface area contributed by atoms with Gasteiger partial charge in [0, 0.05) is 42.6 Å². The van der Waals surface area contributed by atoms with Gasteiger partial charge in [0.15, 0.2) is 0 Å². The van der Waals surface area contributed by atoms with Crippen LogP contribution in [0.5, 0.6) is 0 Å². The quantitative estimate of drug-likeness (QED) is 0.857. The van der Waals surface area contributed by atoms with Crippen LogP contribution in [0.25, 0.3) is 0 Å². The van der Waals surface area contributed by atoms with E-state index in [0.717, 1.165) is 13.0 Å². The highest BCUT2D eigenvalue weighted by atomic mass is 32.2. The summed E-state index contributed by atoms with van der Waals surface area (Å²) in [7, 11) is 0. The molecule has 3 aliphatic rings. The Morgan fingerprint density at radius 1 is 1.32 bits per heavy atom. The first-order valence-corrected chi connectivity index (χ1v) is 8.97. The van der Waals surface area contributed by atoms with Crippen molar-refractivity contribution in [2.75, 3.05) is 31.1 Å². The minimum Gasteiger partial charge on any atom is -0.354 e. The van der Waals surface area contributed by atoms with E-state index in [1.807, 2.05) is 0 Å². The number of hydrogen-bond acceptors (Lipinski definition) is 3. The van der Waals surface area contributed by atoms with E-state index in [0.29, 0.717) is 17.7 Å². The first kappa shape index (κ1) is 13.7. The van der Waals surface area contributed by atoms with Crippen molar-refractivity contribution in [3.05, 3.63) is 0 Å². The molecule has 3 rings (SSSR count). The van der Waals surface area contributed by atoms with Crippen LogP contribution in [0.3, 0.4) is 0 Å². The van der Waals surface area contributed by atoms with Gasteiger partial charge in [0.2, 0.25) is 5.91 Å². The van der Waals surface area contributed by atoms with Crippen LogP contribution < -0.4 is 5.32 Å². The van der Waals surface area contributed by atoms with Crippen LogP contribution in [0.15, 0.2) is 0 Å². The lowest BCUT2D eigenvalue weighted by molar-refractivity contribution is -0.123. The zero-order valence-corrected chi connectivity index (χ0v) is 12.8. The Morgan fingerprint density at radius 3 is 2.53 bits per heavy atom. The van der Waals surface area contributed by atoms with Crippen LogP contribution in [0.4, 0.5) is 0 Å². The normalized spacial score (nSPS) is 34.2. The van der Waals surface area contributed by atoms with Gasteiger partial charge in [-0.25, -0.2) is 0 Å². The Kier molecular flexibility index (Phi) is 4.08. The fourth-order valence-electron chi connectivity index (χ4n) is 3.75. The average molecular weight is 282 g/mol. The molecule has 1 aliphatic heterocycles. The van der Waals surface area contributed by atoms with Crippen LogP contribution in [0.1, 0.15) is 39.0 Å². The summed E-state index contributed by atoms with van der Waals surface area (Å²) in [5.74, 6) is 3.76. The van der Waals surface area contributed by atoms with Gasteiger partial charge in [-0.1, -0.05) is 19.8 Å². The Bertz CT molecular complexity index is 335. The fourth-order valence-corrected chi connectivity index (χ4v) is 4.65. The van der Waals surface area contributed by atoms with E-state index in [1.165, 1.54) is 50.3 Å². The monoisotopic (exact) mass is 282 g/mol. The minimum absolute atomic E-state index is 0.286. The van der Waals surface area contributed by atoms with Gasteiger partial charge < -0.3 is 5.32 Å². The predicted octanol–water partition coefficient (Wildman–Crippen LogP) is 2.12. The standard InChI is InChI=1S/C15H26N2OS/c1-12-10-13(12)14(18)16-11-15(4-2-3-5-15)17-6-8-19-9-7-17/h12-13H,2-11H2,1H3,(H,16,18)/t12-,13+/m0/s1. The van der Waals surface area contributed by atoms with Gasteiger partial charge in [-0.15, -0.1) is 0 Å². The molecule has 0 unspecified atom stereocenters. The maximum atomic E-state index is 12.1. The second-order valence-corrected chi connectivity index (χ2v) is 7.79. The zero-order chi connectivity index (χ0) is 13.3. The van der Waals surface area contributed by atoms with E-state index in [1.54, 1.807) is 0 Å². The van der Waals surface area contributed by atoms with E-state index in [-0.39, 0.29) is 5.54 Å². The Balaban J connectivity index is 1.58. The van der Waals surface area contributed by atoms with Gasteiger partial charge in [0.1, 0.15) is 0 Å². The number of rotatable bonds is 4. The van der Waals surface area contributed by atoms with Crippen molar-refractivity contribution in [3.8, 4) is 0 Å². The molecule has 0 spiro atoms. The van der Waals surface area contributed by atoms with Gasteiger partial charge in [0.25, 0.3) is 0 Å². The highest BCUT2D eigenvalue weighted by Crippen LogP contribution is 2.39. The summed E-state index contributed by atoms with van der Waals surface area (Å²) in [6, 6.07) is 0. The summed E-state index contributed by atoms with van der Waals surface area (Å²) in [5.41, 5.74) is 0.286. The molecule has 0 aromatic heterocycles. The van der Waals surface area contributed by atoms with Crippen LogP contribution in [0, 0.1) is 11.8 Å². The fraction of sp³-hybridized carbons (Fsp3) is 0.933. The summed E-state index contributed by atoms with van der Waals surface area (Å²) in [6.07, 6.45) is 6.31. The lowest BCUT2D eigenvalue weighted by Gasteiger charge is -2.43. The molecule has 1 amide bonds. The number of amides is 1. The maximum Gasteiger partial charge on any atom is 0.223 e. The summed E-state index contributed by atoms with van der Waals surface area (Å²) in [4.78, 5) is 14.7. The number of nitrogens with one attached hydrogen (secondary N) is 1. The topological polar surface area (TPSA) is 32.3 Å².